The Kier molecular flexibility index (Phi) is 7.25. The Balaban J connectivity index is 1.02. The van der Waals surface area contributed by atoms with Crippen molar-refractivity contribution in [3.63, 3.8) is 0 Å². The Hall–Kier alpha value is -7.41. The van der Waals surface area contributed by atoms with Gasteiger partial charge < -0.3 is 9.47 Å². The van der Waals surface area contributed by atoms with Crippen LogP contribution in [0.3, 0.4) is 0 Å². The molecule has 0 bridgehead atoms. The number of ether oxygens (including phenoxy) is 2. The molecule has 58 heavy (non-hydrogen) atoms. The number of aromatic nitrogens is 3. The van der Waals surface area contributed by atoms with Crippen molar-refractivity contribution in [3.8, 4) is 68.3 Å². The van der Waals surface area contributed by atoms with E-state index in [0.717, 1.165) is 33.4 Å². The molecule has 0 N–H and O–H groups in total. The van der Waals surface area contributed by atoms with Crippen LogP contribution in [0.5, 0.6) is 23.0 Å². The summed E-state index contributed by atoms with van der Waals surface area (Å²) in [5, 5.41) is 2.48. The van der Waals surface area contributed by atoms with Gasteiger partial charge in [-0.2, -0.15) is 0 Å². The maximum absolute atomic E-state index is 7.02. The van der Waals surface area contributed by atoms with E-state index in [9.17, 15) is 0 Å². The van der Waals surface area contributed by atoms with Gasteiger partial charge in [0.25, 0.3) is 0 Å². The monoisotopic (exact) mass is 761 g/mol. The van der Waals surface area contributed by atoms with E-state index in [1.165, 1.54) is 36.9 Å². The predicted molar refractivity (Wildman–Crippen MR) is 233 cm³/mol. The minimum atomic E-state index is -0.553. The number of fused-ring (bicyclic) bond motifs is 9. The summed E-state index contributed by atoms with van der Waals surface area (Å²) in [6, 6.07) is 65.4. The standard InChI is InChI=1S/C52H31N3O2S/c1-4-15-32(16-5-1)49-53-50(33-27-28-37-36-21-11-13-26-44(36)58-45(37)31-33)55-51(54-49)39-23-14-25-42-47(39)56-43-30-29-41-46(48(43)57-42)38-22-10-12-24-40(38)52(41,34-17-6-2-7-18-34)35-19-8-3-9-20-35/h1-31H. The Morgan fingerprint density at radius 2 is 1.00 bits per heavy atom. The largest absolute Gasteiger partial charge is 0.449 e. The van der Waals surface area contributed by atoms with E-state index < -0.39 is 5.41 Å². The molecule has 0 amide bonds. The lowest BCUT2D eigenvalue weighted by atomic mass is 9.68. The topological polar surface area (TPSA) is 57.1 Å². The first-order valence-electron chi connectivity index (χ1n) is 19.3. The highest BCUT2D eigenvalue weighted by Crippen LogP contribution is 2.62. The summed E-state index contributed by atoms with van der Waals surface area (Å²) in [5.74, 6) is 4.17. The van der Waals surface area contributed by atoms with E-state index in [2.05, 4.69) is 140 Å². The fourth-order valence-electron chi connectivity index (χ4n) is 8.97. The van der Waals surface area contributed by atoms with Crippen molar-refractivity contribution in [2.45, 2.75) is 5.41 Å². The molecule has 272 valence electrons. The lowest BCUT2D eigenvalue weighted by Gasteiger charge is -2.34. The Morgan fingerprint density at radius 3 is 1.79 bits per heavy atom. The van der Waals surface area contributed by atoms with Crippen molar-refractivity contribution >= 4 is 31.5 Å². The van der Waals surface area contributed by atoms with Gasteiger partial charge in [0.15, 0.2) is 40.5 Å². The molecule has 3 heterocycles. The van der Waals surface area contributed by atoms with Crippen LogP contribution in [0.1, 0.15) is 22.3 Å². The minimum Gasteiger partial charge on any atom is -0.449 e. The Morgan fingerprint density at radius 1 is 0.397 bits per heavy atom. The Labute approximate surface area is 338 Å². The molecule has 2 aliphatic rings. The number of rotatable bonds is 5. The number of nitrogens with zero attached hydrogens (tertiary/aromatic N) is 3. The molecule has 1 aliphatic heterocycles. The molecule has 0 unspecified atom stereocenters. The third-order valence-corrected chi connectivity index (χ3v) is 12.6. The first-order valence-corrected chi connectivity index (χ1v) is 20.2. The first kappa shape index (κ1) is 32.8. The summed E-state index contributed by atoms with van der Waals surface area (Å²) in [6.07, 6.45) is 0. The van der Waals surface area contributed by atoms with Crippen molar-refractivity contribution in [1.82, 2.24) is 15.0 Å². The highest BCUT2D eigenvalue weighted by Gasteiger charge is 2.48. The molecule has 0 radical (unpaired) electrons. The zero-order chi connectivity index (χ0) is 38.2. The molecule has 6 heteroatoms. The highest BCUT2D eigenvalue weighted by atomic mass is 32.1. The minimum absolute atomic E-state index is 0.503. The second-order valence-electron chi connectivity index (χ2n) is 14.7. The van der Waals surface area contributed by atoms with Gasteiger partial charge in [0.2, 0.25) is 0 Å². The lowest BCUT2D eigenvalue weighted by Crippen LogP contribution is -2.28. The molecule has 5 nitrogen and oxygen atoms in total. The molecule has 0 spiro atoms. The smallest absolute Gasteiger partial charge is 0.181 e. The lowest BCUT2D eigenvalue weighted by molar-refractivity contribution is 0.361. The predicted octanol–water partition coefficient (Wildman–Crippen LogP) is 13.5. The van der Waals surface area contributed by atoms with Crippen molar-refractivity contribution < 1.29 is 9.47 Å². The molecular formula is C52H31N3O2S. The van der Waals surface area contributed by atoms with Crippen LogP contribution in [0, 0.1) is 0 Å². The SMILES string of the molecule is c1ccc(-c2nc(-c3ccc4c(c3)sc3ccccc34)nc(-c3cccc4c3Oc3ccc5c(c3O4)-c3ccccc3C5(c3ccccc3)c3ccccc3)n2)cc1. The average molecular weight is 762 g/mol. The van der Waals surface area contributed by atoms with Crippen LogP contribution in [0.2, 0.25) is 0 Å². The third-order valence-electron chi connectivity index (χ3n) is 11.5. The average Bonchev–Trinajstić information content (AvgIpc) is 3.82. The zero-order valence-corrected chi connectivity index (χ0v) is 31.8. The van der Waals surface area contributed by atoms with E-state index in [1.54, 1.807) is 11.3 Å². The van der Waals surface area contributed by atoms with E-state index in [4.69, 9.17) is 24.4 Å². The van der Waals surface area contributed by atoms with Gasteiger partial charge in [-0.15, -0.1) is 11.3 Å². The van der Waals surface area contributed by atoms with Gasteiger partial charge in [0.1, 0.15) is 0 Å². The first-order chi connectivity index (χ1) is 28.7. The van der Waals surface area contributed by atoms with Crippen molar-refractivity contribution in [2.24, 2.45) is 0 Å². The second kappa shape index (κ2) is 12.8. The van der Waals surface area contributed by atoms with Gasteiger partial charge in [-0.05, 0) is 58.1 Å². The van der Waals surface area contributed by atoms with Crippen molar-refractivity contribution in [3.05, 3.63) is 210 Å². The van der Waals surface area contributed by atoms with Gasteiger partial charge in [-0.3, -0.25) is 0 Å². The second-order valence-corrected chi connectivity index (χ2v) is 15.7. The maximum atomic E-state index is 7.02. The molecular weight excluding hydrogens is 731 g/mol. The maximum Gasteiger partial charge on any atom is 0.181 e. The Bertz CT molecular complexity index is 3200. The molecule has 0 saturated heterocycles. The number of hydrogen-bond donors (Lipinski definition) is 0. The van der Waals surface area contributed by atoms with E-state index in [-0.39, 0.29) is 0 Å². The van der Waals surface area contributed by atoms with Crippen LogP contribution in [0.25, 0.3) is 65.5 Å². The summed E-state index contributed by atoms with van der Waals surface area (Å²) in [5.41, 5.74) is 8.88. The molecule has 1 aliphatic carbocycles. The molecule has 0 fully saturated rings. The van der Waals surface area contributed by atoms with E-state index in [0.29, 0.717) is 40.5 Å². The van der Waals surface area contributed by atoms with Gasteiger partial charge in [-0.1, -0.05) is 158 Å². The summed E-state index contributed by atoms with van der Waals surface area (Å²) in [6.45, 7) is 0. The fraction of sp³-hybridized carbons (Fsp3) is 0.0192. The molecule has 0 atom stereocenters. The molecule has 10 aromatic rings. The zero-order valence-electron chi connectivity index (χ0n) is 31.0. The normalized spacial score (nSPS) is 13.2. The summed E-state index contributed by atoms with van der Waals surface area (Å²) in [7, 11) is 0. The summed E-state index contributed by atoms with van der Waals surface area (Å²) < 4.78 is 16.4. The van der Waals surface area contributed by atoms with Crippen LogP contribution in [0.15, 0.2) is 188 Å². The molecule has 2 aromatic heterocycles. The van der Waals surface area contributed by atoms with Crippen LogP contribution in [0.4, 0.5) is 0 Å². The van der Waals surface area contributed by atoms with Crippen LogP contribution in [-0.2, 0) is 5.41 Å². The summed E-state index contributed by atoms with van der Waals surface area (Å²) >= 11 is 1.78. The van der Waals surface area contributed by atoms with Gasteiger partial charge in [0, 0.05) is 36.9 Å². The number of benzene rings is 8. The van der Waals surface area contributed by atoms with Crippen molar-refractivity contribution in [1.29, 1.82) is 0 Å². The number of para-hydroxylation sites is 1. The van der Waals surface area contributed by atoms with Crippen LogP contribution >= 0.6 is 11.3 Å². The number of hydrogen-bond acceptors (Lipinski definition) is 6. The van der Waals surface area contributed by atoms with Gasteiger partial charge in [0.05, 0.1) is 11.0 Å². The quantitative estimate of drug-likeness (QED) is 0.175. The third kappa shape index (κ3) is 4.85. The van der Waals surface area contributed by atoms with Crippen LogP contribution < -0.4 is 9.47 Å². The molecule has 12 rings (SSSR count). The highest BCUT2D eigenvalue weighted by molar-refractivity contribution is 7.25. The fourth-order valence-corrected chi connectivity index (χ4v) is 10.1. The summed E-state index contributed by atoms with van der Waals surface area (Å²) in [4.78, 5) is 15.3. The van der Waals surface area contributed by atoms with Gasteiger partial charge in [-0.25, -0.2) is 15.0 Å². The number of thiophene rings is 1. The van der Waals surface area contributed by atoms with Gasteiger partial charge >= 0.3 is 0 Å². The molecule has 8 aromatic carbocycles. The van der Waals surface area contributed by atoms with E-state index in [1.807, 2.05) is 48.5 Å². The van der Waals surface area contributed by atoms with Crippen LogP contribution in [-0.4, -0.2) is 15.0 Å². The molecule has 0 saturated carbocycles. The van der Waals surface area contributed by atoms with E-state index >= 15 is 0 Å². The van der Waals surface area contributed by atoms with Crippen molar-refractivity contribution in [2.75, 3.05) is 0 Å².